The highest BCUT2D eigenvalue weighted by molar-refractivity contribution is 5.79. The van der Waals surface area contributed by atoms with Gasteiger partial charge in [-0.05, 0) is 51.1 Å². The van der Waals surface area contributed by atoms with E-state index in [4.69, 9.17) is 14.2 Å². The average Bonchev–Trinajstić information content (AvgIpc) is 2.70. The molecular formula is C20H34N4O3. The van der Waals surface area contributed by atoms with Gasteiger partial charge in [-0.15, -0.1) is 0 Å². The maximum Gasteiger partial charge on any atom is 0.191 e. The Labute approximate surface area is 163 Å². The van der Waals surface area contributed by atoms with Gasteiger partial charge in [0.2, 0.25) is 0 Å². The molecule has 1 unspecified atom stereocenters. The van der Waals surface area contributed by atoms with Crippen molar-refractivity contribution in [2.45, 2.75) is 26.4 Å². The number of aliphatic imine (C=N–C) groups is 1. The number of benzene rings is 1. The van der Waals surface area contributed by atoms with Crippen molar-refractivity contribution < 1.29 is 14.2 Å². The Bertz CT molecular complexity index is 545. The number of morpholine rings is 1. The van der Waals surface area contributed by atoms with E-state index in [9.17, 15) is 0 Å². The monoisotopic (exact) mass is 378 g/mol. The number of hydrogen-bond acceptors (Lipinski definition) is 5. The third-order valence-corrected chi connectivity index (χ3v) is 4.29. The van der Waals surface area contributed by atoms with Gasteiger partial charge >= 0.3 is 0 Å². The van der Waals surface area contributed by atoms with Crippen molar-refractivity contribution in [1.29, 1.82) is 0 Å². The number of nitrogens with zero attached hydrogens (tertiary/aromatic N) is 2. The van der Waals surface area contributed by atoms with Crippen LogP contribution in [0.15, 0.2) is 29.3 Å². The minimum Gasteiger partial charge on any atom is -0.497 e. The van der Waals surface area contributed by atoms with Gasteiger partial charge in [0, 0.05) is 26.2 Å². The van der Waals surface area contributed by atoms with Gasteiger partial charge < -0.3 is 24.8 Å². The summed E-state index contributed by atoms with van der Waals surface area (Å²) < 4.78 is 16.5. The van der Waals surface area contributed by atoms with Crippen LogP contribution in [0.2, 0.25) is 0 Å². The molecule has 1 fully saturated rings. The standard InChI is InChI=1S/C20H34N4O3/c1-4-21-20(22-10-5-11-24-12-14-26-15-13-24)23-16-17(2)27-19-8-6-18(25-3)7-9-19/h6-9,17H,4-5,10-16H2,1-3H3,(H2,21,22,23). The fourth-order valence-electron chi connectivity index (χ4n) is 2.82. The number of nitrogens with one attached hydrogen (secondary N) is 2. The predicted molar refractivity (Wildman–Crippen MR) is 109 cm³/mol. The second kappa shape index (κ2) is 12.4. The molecule has 0 aromatic heterocycles. The van der Waals surface area contributed by atoms with Gasteiger partial charge in [-0.2, -0.15) is 0 Å². The van der Waals surface area contributed by atoms with Gasteiger partial charge in [-0.3, -0.25) is 4.90 Å². The van der Waals surface area contributed by atoms with Gasteiger partial charge in [0.25, 0.3) is 0 Å². The van der Waals surface area contributed by atoms with Gasteiger partial charge in [0.15, 0.2) is 5.96 Å². The number of guanidine groups is 1. The topological polar surface area (TPSA) is 67.4 Å². The van der Waals surface area contributed by atoms with E-state index in [1.54, 1.807) is 7.11 Å². The number of hydrogen-bond donors (Lipinski definition) is 2. The van der Waals surface area contributed by atoms with Crippen molar-refractivity contribution >= 4 is 5.96 Å². The molecular weight excluding hydrogens is 344 g/mol. The highest BCUT2D eigenvalue weighted by Gasteiger charge is 2.09. The Kier molecular flexibility index (Phi) is 9.79. The smallest absolute Gasteiger partial charge is 0.191 e. The highest BCUT2D eigenvalue weighted by atomic mass is 16.5. The SMILES string of the molecule is CCNC(=NCC(C)Oc1ccc(OC)cc1)NCCCN1CCOCC1. The highest BCUT2D eigenvalue weighted by Crippen LogP contribution is 2.18. The summed E-state index contributed by atoms with van der Waals surface area (Å²) in [5, 5.41) is 6.69. The van der Waals surface area contributed by atoms with E-state index < -0.39 is 0 Å². The van der Waals surface area contributed by atoms with Crippen LogP contribution in [0.4, 0.5) is 0 Å². The first-order chi connectivity index (χ1) is 13.2. The average molecular weight is 379 g/mol. The predicted octanol–water partition coefficient (Wildman–Crippen LogP) is 1.74. The summed E-state index contributed by atoms with van der Waals surface area (Å²) in [6, 6.07) is 7.61. The van der Waals surface area contributed by atoms with Gasteiger partial charge in [-0.1, -0.05) is 0 Å². The molecule has 7 heteroatoms. The van der Waals surface area contributed by atoms with Crippen LogP contribution in [0.5, 0.6) is 11.5 Å². The van der Waals surface area contributed by atoms with Crippen LogP contribution >= 0.6 is 0 Å². The lowest BCUT2D eigenvalue weighted by atomic mass is 10.3. The van der Waals surface area contributed by atoms with Crippen molar-refractivity contribution in [2.75, 3.05) is 59.6 Å². The molecule has 2 rings (SSSR count). The molecule has 1 aromatic rings. The first kappa shape index (κ1) is 21.3. The van der Waals surface area contributed by atoms with E-state index in [2.05, 4.69) is 27.4 Å². The van der Waals surface area contributed by atoms with Crippen LogP contribution in [-0.2, 0) is 4.74 Å². The molecule has 0 spiro atoms. The molecule has 0 radical (unpaired) electrons. The Balaban J connectivity index is 1.70. The molecule has 1 saturated heterocycles. The van der Waals surface area contributed by atoms with E-state index in [-0.39, 0.29) is 6.10 Å². The van der Waals surface area contributed by atoms with Crippen molar-refractivity contribution in [3.8, 4) is 11.5 Å². The van der Waals surface area contributed by atoms with Gasteiger partial charge in [0.1, 0.15) is 17.6 Å². The molecule has 0 aliphatic carbocycles. The van der Waals surface area contributed by atoms with E-state index in [1.165, 1.54) is 0 Å². The third kappa shape index (κ3) is 8.49. The molecule has 1 atom stereocenters. The maximum absolute atomic E-state index is 5.91. The molecule has 2 N–H and O–H groups in total. The Morgan fingerprint density at radius 3 is 2.56 bits per heavy atom. The summed E-state index contributed by atoms with van der Waals surface area (Å²) in [6.45, 7) is 11.3. The van der Waals surface area contributed by atoms with Crippen molar-refractivity contribution in [2.24, 2.45) is 4.99 Å². The first-order valence-corrected chi connectivity index (χ1v) is 9.84. The minimum absolute atomic E-state index is 0.0119. The zero-order valence-electron chi connectivity index (χ0n) is 16.9. The molecule has 1 aliphatic heterocycles. The normalized spacial score (nSPS) is 16.6. The molecule has 1 aromatic carbocycles. The van der Waals surface area contributed by atoms with Gasteiger partial charge in [0.05, 0.1) is 26.9 Å². The van der Waals surface area contributed by atoms with Crippen LogP contribution in [-0.4, -0.2) is 76.6 Å². The van der Waals surface area contributed by atoms with Gasteiger partial charge in [-0.25, -0.2) is 4.99 Å². The number of rotatable bonds is 10. The second-order valence-corrected chi connectivity index (χ2v) is 6.56. The Morgan fingerprint density at radius 1 is 1.19 bits per heavy atom. The summed E-state index contributed by atoms with van der Waals surface area (Å²) in [6.07, 6.45) is 1.07. The first-order valence-electron chi connectivity index (χ1n) is 9.84. The Morgan fingerprint density at radius 2 is 1.89 bits per heavy atom. The molecule has 7 nitrogen and oxygen atoms in total. The van der Waals surface area contributed by atoms with Crippen molar-refractivity contribution in [3.05, 3.63) is 24.3 Å². The van der Waals surface area contributed by atoms with E-state index in [0.29, 0.717) is 6.54 Å². The zero-order valence-corrected chi connectivity index (χ0v) is 16.9. The van der Waals surface area contributed by atoms with Crippen LogP contribution < -0.4 is 20.1 Å². The summed E-state index contributed by atoms with van der Waals surface area (Å²) in [5.74, 6) is 2.48. The van der Waals surface area contributed by atoms with Crippen LogP contribution in [0.3, 0.4) is 0 Å². The lowest BCUT2D eigenvalue weighted by molar-refractivity contribution is 0.0376. The molecule has 1 heterocycles. The quantitative estimate of drug-likeness (QED) is 0.367. The molecule has 152 valence electrons. The molecule has 0 saturated carbocycles. The summed E-state index contributed by atoms with van der Waals surface area (Å²) in [7, 11) is 1.66. The fraction of sp³-hybridized carbons (Fsp3) is 0.650. The second-order valence-electron chi connectivity index (χ2n) is 6.56. The zero-order chi connectivity index (χ0) is 19.3. The molecule has 0 amide bonds. The van der Waals surface area contributed by atoms with Crippen LogP contribution in [0, 0.1) is 0 Å². The van der Waals surface area contributed by atoms with Crippen molar-refractivity contribution in [3.63, 3.8) is 0 Å². The Hall–Kier alpha value is -1.99. The summed E-state index contributed by atoms with van der Waals surface area (Å²) in [5.41, 5.74) is 0. The van der Waals surface area contributed by atoms with Crippen LogP contribution in [0.1, 0.15) is 20.3 Å². The third-order valence-electron chi connectivity index (χ3n) is 4.29. The molecule has 0 bridgehead atoms. The molecule has 1 aliphatic rings. The largest absolute Gasteiger partial charge is 0.497 e. The van der Waals surface area contributed by atoms with E-state index in [0.717, 1.165) is 69.8 Å². The fourth-order valence-corrected chi connectivity index (χ4v) is 2.82. The van der Waals surface area contributed by atoms with E-state index >= 15 is 0 Å². The maximum atomic E-state index is 5.91. The lowest BCUT2D eigenvalue weighted by Gasteiger charge is -2.26. The summed E-state index contributed by atoms with van der Waals surface area (Å²) >= 11 is 0. The number of ether oxygens (including phenoxy) is 3. The van der Waals surface area contributed by atoms with Crippen molar-refractivity contribution in [1.82, 2.24) is 15.5 Å². The summed E-state index contributed by atoms with van der Waals surface area (Å²) in [4.78, 5) is 7.08. The molecule has 27 heavy (non-hydrogen) atoms. The number of methoxy groups -OCH3 is 1. The van der Waals surface area contributed by atoms with E-state index in [1.807, 2.05) is 31.2 Å². The minimum atomic E-state index is -0.0119. The lowest BCUT2D eigenvalue weighted by Crippen LogP contribution is -2.41. The van der Waals surface area contributed by atoms with Crippen LogP contribution in [0.25, 0.3) is 0 Å².